The second-order valence-corrected chi connectivity index (χ2v) is 4.45. The van der Waals surface area contributed by atoms with Gasteiger partial charge in [-0.15, -0.1) is 0 Å². The van der Waals surface area contributed by atoms with E-state index in [1.807, 2.05) is 13.0 Å². The van der Waals surface area contributed by atoms with Crippen LogP contribution in [0.5, 0.6) is 0 Å². The quantitative estimate of drug-likeness (QED) is 0.800. The van der Waals surface area contributed by atoms with Crippen molar-refractivity contribution in [3.8, 4) is 0 Å². The minimum absolute atomic E-state index is 0.290. The maximum atomic E-state index is 10.8. The molecule has 17 heavy (non-hydrogen) atoms. The molecule has 1 fully saturated rings. The van der Waals surface area contributed by atoms with Crippen LogP contribution in [-0.4, -0.2) is 22.4 Å². The third kappa shape index (κ3) is 3.23. The molecule has 2 rings (SSSR count). The molecule has 3 N–H and O–H groups in total. The van der Waals surface area contributed by atoms with Crippen molar-refractivity contribution in [2.75, 3.05) is 6.54 Å². The number of amides is 1. The molecular formula is C12H18N4O. The molecule has 2 heterocycles. The minimum atomic E-state index is -0.290. The third-order valence-corrected chi connectivity index (χ3v) is 2.96. The van der Waals surface area contributed by atoms with Gasteiger partial charge < -0.3 is 11.1 Å². The van der Waals surface area contributed by atoms with Gasteiger partial charge in [0, 0.05) is 18.2 Å². The van der Waals surface area contributed by atoms with E-state index in [9.17, 15) is 4.79 Å². The van der Waals surface area contributed by atoms with E-state index in [0.717, 1.165) is 30.2 Å². The van der Waals surface area contributed by atoms with Gasteiger partial charge in [-0.3, -0.25) is 4.79 Å². The number of carbonyl (C=O) groups is 1. The summed E-state index contributed by atoms with van der Waals surface area (Å²) >= 11 is 0. The predicted molar refractivity (Wildman–Crippen MR) is 64.3 cm³/mol. The van der Waals surface area contributed by atoms with Gasteiger partial charge in [-0.05, 0) is 38.8 Å². The predicted octanol–water partition coefficient (Wildman–Crippen LogP) is 0.627. The van der Waals surface area contributed by atoms with Crippen LogP contribution in [0.15, 0.2) is 6.07 Å². The van der Waals surface area contributed by atoms with Gasteiger partial charge in [0.1, 0.15) is 5.82 Å². The average Bonchev–Trinajstić information content (AvgIpc) is 2.79. The first-order valence-electron chi connectivity index (χ1n) is 6.01. The van der Waals surface area contributed by atoms with Gasteiger partial charge in [-0.2, -0.15) is 0 Å². The van der Waals surface area contributed by atoms with Crippen LogP contribution >= 0.6 is 0 Å². The summed E-state index contributed by atoms with van der Waals surface area (Å²) in [6.07, 6.45) is 3.24. The molecular weight excluding hydrogens is 216 g/mol. The number of hydrogen-bond acceptors (Lipinski definition) is 4. The van der Waals surface area contributed by atoms with Crippen molar-refractivity contribution >= 4 is 5.91 Å². The number of primary amides is 1. The summed E-state index contributed by atoms with van der Waals surface area (Å²) < 4.78 is 0. The van der Waals surface area contributed by atoms with E-state index >= 15 is 0 Å². The standard InChI is InChI=1S/C12H18N4O/c1-8-15-9(4-5-12(13)17)7-11(16-8)10-3-2-6-14-10/h7,10,14H,2-6H2,1H3,(H2,13,17). The van der Waals surface area contributed by atoms with E-state index in [0.29, 0.717) is 18.9 Å². The van der Waals surface area contributed by atoms with Crippen molar-refractivity contribution in [1.82, 2.24) is 15.3 Å². The number of nitrogens with zero attached hydrogens (tertiary/aromatic N) is 2. The molecule has 92 valence electrons. The molecule has 1 aliphatic heterocycles. The Bertz CT molecular complexity index is 413. The summed E-state index contributed by atoms with van der Waals surface area (Å²) in [5, 5.41) is 3.41. The van der Waals surface area contributed by atoms with E-state index in [2.05, 4.69) is 15.3 Å². The smallest absolute Gasteiger partial charge is 0.217 e. The Morgan fingerprint density at radius 3 is 3.06 bits per heavy atom. The van der Waals surface area contributed by atoms with Crippen LogP contribution in [-0.2, 0) is 11.2 Å². The Hall–Kier alpha value is -1.49. The summed E-state index contributed by atoms with van der Waals surface area (Å²) in [5.74, 6) is 0.470. The molecule has 0 aromatic carbocycles. The molecule has 1 saturated heterocycles. The molecule has 1 aromatic rings. The zero-order valence-electron chi connectivity index (χ0n) is 10.1. The fourth-order valence-corrected chi connectivity index (χ4v) is 2.15. The van der Waals surface area contributed by atoms with E-state index in [4.69, 9.17) is 5.73 Å². The molecule has 1 amide bonds. The van der Waals surface area contributed by atoms with Crippen LogP contribution in [0.25, 0.3) is 0 Å². The molecule has 0 spiro atoms. The molecule has 0 radical (unpaired) electrons. The molecule has 1 atom stereocenters. The Balaban J connectivity index is 2.13. The van der Waals surface area contributed by atoms with E-state index < -0.39 is 0 Å². The van der Waals surface area contributed by atoms with E-state index in [-0.39, 0.29) is 5.91 Å². The molecule has 5 heteroatoms. The fraction of sp³-hybridized carbons (Fsp3) is 0.583. The van der Waals surface area contributed by atoms with Crippen molar-refractivity contribution in [1.29, 1.82) is 0 Å². The van der Waals surface area contributed by atoms with Gasteiger partial charge in [0.15, 0.2) is 0 Å². The van der Waals surface area contributed by atoms with E-state index in [1.54, 1.807) is 0 Å². The van der Waals surface area contributed by atoms with Gasteiger partial charge in [0.2, 0.25) is 5.91 Å². The van der Waals surface area contributed by atoms with Gasteiger partial charge in [-0.25, -0.2) is 9.97 Å². The van der Waals surface area contributed by atoms with Gasteiger partial charge in [-0.1, -0.05) is 0 Å². The van der Waals surface area contributed by atoms with Crippen molar-refractivity contribution in [3.05, 3.63) is 23.3 Å². The third-order valence-electron chi connectivity index (χ3n) is 2.96. The van der Waals surface area contributed by atoms with Crippen LogP contribution < -0.4 is 11.1 Å². The highest BCUT2D eigenvalue weighted by atomic mass is 16.1. The largest absolute Gasteiger partial charge is 0.370 e. The zero-order chi connectivity index (χ0) is 12.3. The first-order chi connectivity index (χ1) is 8.15. The highest BCUT2D eigenvalue weighted by molar-refractivity contribution is 5.73. The molecule has 0 bridgehead atoms. The van der Waals surface area contributed by atoms with Crippen LogP contribution in [0, 0.1) is 6.92 Å². The second-order valence-electron chi connectivity index (χ2n) is 4.45. The second kappa shape index (κ2) is 5.23. The van der Waals surface area contributed by atoms with Crippen LogP contribution in [0.2, 0.25) is 0 Å². The lowest BCUT2D eigenvalue weighted by Crippen LogP contribution is -2.16. The topological polar surface area (TPSA) is 80.9 Å². The number of nitrogens with two attached hydrogens (primary N) is 1. The maximum Gasteiger partial charge on any atom is 0.217 e. The summed E-state index contributed by atoms with van der Waals surface area (Å²) in [6, 6.07) is 2.32. The number of carbonyl (C=O) groups excluding carboxylic acids is 1. The highest BCUT2D eigenvalue weighted by Gasteiger charge is 2.18. The molecule has 1 aliphatic rings. The summed E-state index contributed by atoms with van der Waals surface area (Å²) in [7, 11) is 0. The van der Waals surface area contributed by atoms with Crippen molar-refractivity contribution in [3.63, 3.8) is 0 Å². The van der Waals surface area contributed by atoms with E-state index in [1.165, 1.54) is 6.42 Å². The van der Waals surface area contributed by atoms with Crippen molar-refractivity contribution in [2.45, 2.75) is 38.6 Å². The molecule has 1 unspecified atom stereocenters. The maximum absolute atomic E-state index is 10.8. The number of aromatic nitrogens is 2. The molecule has 0 saturated carbocycles. The van der Waals surface area contributed by atoms with Gasteiger partial charge in [0.25, 0.3) is 0 Å². The summed E-state index contributed by atoms with van der Waals surface area (Å²) in [5.41, 5.74) is 7.08. The molecule has 1 aromatic heterocycles. The Kier molecular flexibility index (Phi) is 3.68. The highest BCUT2D eigenvalue weighted by Crippen LogP contribution is 2.21. The van der Waals surface area contributed by atoms with Gasteiger partial charge >= 0.3 is 0 Å². The number of hydrogen-bond donors (Lipinski definition) is 2. The first kappa shape index (κ1) is 12.0. The lowest BCUT2D eigenvalue weighted by Gasteiger charge is -2.11. The lowest BCUT2D eigenvalue weighted by atomic mass is 10.1. The number of rotatable bonds is 4. The monoisotopic (exact) mass is 234 g/mol. The summed E-state index contributed by atoms with van der Waals surface area (Å²) in [6.45, 7) is 2.93. The van der Waals surface area contributed by atoms with Crippen molar-refractivity contribution < 1.29 is 4.79 Å². The van der Waals surface area contributed by atoms with Crippen LogP contribution in [0.4, 0.5) is 0 Å². The average molecular weight is 234 g/mol. The normalized spacial score (nSPS) is 19.5. The minimum Gasteiger partial charge on any atom is -0.370 e. The zero-order valence-corrected chi connectivity index (χ0v) is 10.1. The Labute approximate surface area is 101 Å². The summed E-state index contributed by atoms with van der Waals surface area (Å²) in [4.78, 5) is 19.5. The van der Waals surface area contributed by atoms with Crippen LogP contribution in [0.3, 0.4) is 0 Å². The molecule has 5 nitrogen and oxygen atoms in total. The van der Waals surface area contributed by atoms with Gasteiger partial charge in [0.05, 0.1) is 5.69 Å². The number of aryl methyl sites for hydroxylation is 2. The first-order valence-corrected chi connectivity index (χ1v) is 6.01. The molecule has 0 aliphatic carbocycles. The van der Waals surface area contributed by atoms with Crippen LogP contribution in [0.1, 0.15) is 42.5 Å². The SMILES string of the molecule is Cc1nc(CCC(N)=O)cc(C2CCCN2)n1. The Morgan fingerprint density at radius 2 is 2.41 bits per heavy atom. The van der Waals surface area contributed by atoms with Crippen molar-refractivity contribution in [2.24, 2.45) is 5.73 Å². The lowest BCUT2D eigenvalue weighted by molar-refractivity contribution is -0.118. The fourth-order valence-electron chi connectivity index (χ4n) is 2.15. The number of nitrogens with one attached hydrogen (secondary N) is 1. The Morgan fingerprint density at radius 1 is 1.59 bits per heavy atom.